The predicted molar refractivity (Wildman–Crippen MR) is 78.9 cm³/mol. The lowest BCUT2D eigenvalue weighted by molar-refractivity contribution is 0.0693. The van der Waals surface area contributed by atoms with Crippen LogP contribution in [0.25, 0.3) is 0 Å². The summed E-state index contributed by atoms with van der Waals surface area (Å²) in [5.41, 5.74) is 0.931. The van der Waals surface area contributed by atoms with Crippen LogP contribution in [0.5, 0.6) is 5.75 Å². The third kappa shape index (κ3) is 3.97. The van der Waals surface area contributed by atoms with E-state index >= 15 is 0 Å². The maximum absolute atomic E-state index is 11.1. The first-order valence-electron chi connectivity index (χ1n) is 6.03. The predicted octanol–water partition coefficient (Wildman–Crippen LogP) is 3.29. The van der Waals surface area contributed by atoms with Crippen molar-refractivity contribution in [1.29, 1.82) is 0 Å². The highest BCUT2D eigenvalue weighted by Crippen LogP contribution is 2.19. The highest BCUT2D eigenvalue weighted by molar-refractivity contribution is 6.30. The van der Waals surface area contributed by atoms with Gasteiger partial charge in [-0.3, -0.25) is 0 Å². The molecule has 0 aromatic heterocycles. The van der Waals surface area contributed by atoms with Gasteiger partial charge in [0.25, 0.3) is 0 Å². The summed E-state index contributed by atoms with van der Waals surface area (Å²) in [5, 5.41) is 22.9. The van der Waals surface area contributed by atoms with Crippen LogP contribution in [0.1, 0.15) is 21.5 Å². The Labute approximate surface area is 126 Å². The molecule has 0 saturated carbocycles. The Hall–Kier alpha value is -2.53. The largest absolute Gasteiger partial charge is 0.507 e. The summed E-state index contributed by atoms with van der Waals surface area (Å²) in [6, 6.07) is 11.4. The smallest absolute Gasteiger partial charge is 0.340 e. The fourth-order valence-corrected chi connectivity index (χ4v) is 1.81. The van der Waals surface area contributed by atoms with Crippen molar-refractivity contribution in [2.45, 2.75) is 6.61 Å². The zero-order valence-electron chi connectivity index (χ0n) is 10.9. The number of carbonyl (C=O) groups is 1. The third-order valence-corrected chi connectivity index (χ3v) is 2.95. The summed E-state index contributed by atoms with van der Waals surface area (Å²) < 4.78 is 0. The second-order valence-electron chi connectivity index (χ2n) is 4.18. The van der Waals surface area contributed by atoms with Gasteiger partial charge in [-0.2, -0.15) is 0 Å². The molecule has 108 valence electrons. The van der Waals surface area contributed by atoms with Gasteiger partial charge in [-0.25, -0.2) is 4.79 Å². The van der Waals surface area contributed by atoms with Gasteiger partial charge in [0.05, 0.1) is 6.21 Å². The maximum Gasteiger partial charge on any atom is 0.340 e. The number of phenols is 1. The van der Waals surface area contributed by atoms with E-state index in [1.165, 1.54) is 24.4 Å². The van der Waals surface area contributed by atoms with E-state index in [2.05, 4.69) is 5.16 Å². The van der Waals surface area contributed by atoms with Gasteiger partial charge in [-0.1, -0.05) is 41.0 Å². The lowest BCUT2D eigenvalue weighted by Gasteiger charge is -2.03. The van der Waals surface area contributed by atoms with Crippen LogP contribution in [0.3, 0.4) is 0 Å². The third-order valence-electron chi connectivity index (χ3n) is 2.70. The molecule has 0 bridgehead atoms. The summed E-state index contributed by atoms with van der Waals surface area (Å²) in [5.74, 6) is -1.54. The molecule has 2 aromatic carbocycles. The summed E-state index contributed by atoms with van der Waals surface area (Å²) in [6.45, 7) is 0.231. The number of oxime groups is 1. The number of aromatic carboxylic acids is 1. The molecule has 0 aliphatic carbocycles. The molecule has 6 heteroatoms. The summed E-state index contributed by atoms with van der Waals surface area (Å²) in [6.07, 6.45) is 1.25. The van der Waals surface area contributed by atoms with Gasteiger partial charge in [0, 0.05) is 10.6 Å². The average Bonchev–Trinajstić information content (AvgIpc) is 2.45. The van der Waals surface area contributed by atoms with Crippen molar-refractivity contribution in [3.8, 4) is 5.75 Å². The van der Waals surface area contributed by atoms with Gasteiger partial charge >= 0.3 is 5.97 Å². The van der Waals surface area contributed by atoms with E-state index in [-0.39, 0.29) is 23.5 Å². The fraction of sp³-hybridized carbons (Fsp3) is 0.0667. The number of carboxylic acid groups (broad SMARTS) is 1. The van der Waals surface area contributed by atoms with Crippen molar-refractivity contribution in [2.24, 2.45) is 5.16 Å². The highest BCUT2D eigenvalue weighted by Gasteiger charge is 2.13. The van der Waals surface area contributed by atoms with Crippen LogP contribution >= 0.6 is 11.6 Å². The number of aromatic hydroxyl groups is 1. The normalized spacial score (nSPS) is 10.7. The molecule has 0 saturated heterocycles. The molecule has 0 unspecified atom stereocenters. The second kappa shape index (κ2) is 6.76. The van der Waals surface area contributed by atoms with E-state index in [0.29, 0.717) is 5.02 Å². The van der Waals surface area contributed by atoms with Gasteiger partial charge in [0.1, 0.15) is 17.9 Å². The Morgan fingerprint density at radius 3 is 2.62 bits per heavy atom. The molecule has 2 N–H and O–H groups in total. The van der Waals surface area contributed by atoms with Crippen molar-refractivity contribution in [1.82, 2.24) is 0 Å². The van der Waals surface area contributed by atoms with Crippen LogP contribution in [-0.2, 0) is 11.4 Å². The van der Waals surface area contributed by atoms with Crippen molar-refractivity contribution in [2.75, 3.05) is 0 Å². The van der Waals surface area contributed by atoms with Crippen LogP contribution in [0.4, 0.5) is 0 Å². The van der Waals surface area contributed by atoms with Gasteiger partial charge in [0.15, 0.2) is 0 Å². The first-order valence-corrected chi connectivity index (χ1v) is 6.41. The zero-order valence-corrected chi connectivity index (χ0v) is 11.6. The van der Waals surface area contributed by atoms with Crippen LogP contribution in [0.15, 0.2) is 47.6 Å². The molecule has 0 aliphatic rings. The fourth-order valence-electron chi connectivity index (χ4n) is 1.68. The number of benzene rings is 2. The Kier molecular flexibility index (Phi) is 4.79. The Morgan fingerprint density at radius 2 is 1.95 bits per heavy atom. The lowest BCUT2D eigenvalue weighted by Crippen LogP contribution is -2.02. The topological polar surface area (TPSA) is 79.1 Å². The van der Waals surface area contributed by atoms with E-state index < -0.39 is 5.97 Å². The Balaban J connectivity index is 2.03. The van der Waals surface area contributed by atoms with E-state index in [1.807, 2.05) is 0 Å². The summed E-state index contributed by atoms with van der Waals surface area (Å²) in [4.78, 5) is 16.1. The molecule has 0 heterocycles. The Morgan fingerprint density at radius 1 is 1.24 bits per heavy atom. The molecule has 5 nitrogen and oxygen atoms in total. The minimum atomic E-state index is -1.23. The highest BCUT2D eigenvalue weighted by atomic mass is 35.5. The van der Waals surface area contributed by atoms with Crippen LogP contribution in [-0.4, -0.2) is 22.4 Å². The monoisotopic (exact) mass is 305 g/mol. The van der Waals surface area contributed by atoms with Crippen LogP contribution in [0, 0.1) is 0 Å². The molecule has 2 rings (SSSR count). The SMILES string of the molecule is O=C(O)c1c(O)cccc1/C=N\OCc1ccc(Cl)cc1. The molecular weight excluding hydrogens is 294 g/mol. The number of nitrogens with zero attached hydrogens (tertiary/aromatic N) is 1. The molecule has 0 fully saturated rings. The molecule has 0 spiro atoms. The van der Waals surface area contributed by atoms with E-state index in [4.69, 9.17) is 21.5 Å². The second-order valence-corrected chi connectivity index (χ2v) is 4.62. The lowest BCUT2D eigenvalue weighted by atomic mass is 10.1. The zero-order chi connectivity index (χ0) is 15.2. The molecule has 2 aromatic rings. The van der Waals surface area contributed by atoms with Crippen LogP contribution < -0.4 is 0 Å². The van der Waals surface area contributed by atoms with Crippen molar-refractivity contribution >= 4 is 23.8 Å². The van der Waals surface area contributed by atoms with Gasteiger partial charge in [-0.05, 0) is 23.8 Å². The number of carboxylic acids is 1. The van der Waals surface area contributed by atoms with E-state index in [0.717, 1.165) is 5.56 Å². The van der Waals surface area contributed by atoms with Gasteiger partial charge < -0.3 is 15.1 Å². The van der Waals surface area contributed by atoms with E-state index in [9.17, 15) is 9.90 Å². The summed E-state index contributed by atoms with van der Waals surface area (Å²) >= 11 is 5.77. The Bertz CT molecular complexity index is 668. The van der Waals surface area contributed by atoms with Crippen molar-refractivity contribution in [3.05, 3.63) is 64.2 Å². The molecule has 0 amide bonds. The van der Waals surface area contributed by atoms with E-state index in [1.54, 1.807) is 24.3 Å². The van der Waals surface area contributed by atoms with Gasteiger partial charge in [-0.15, -0.1) is 0 Å². The number of rotatable bonds is 5. The number of hydrogen-bond acceptors (Lipinski definition) is 4. The first-order chi connectivity index (χ1) is 10.1. The molecule has 0 atom stereocenters. The van der Waals surface area contributed by atoms with Gasteiger partial charge in [0.2, 0.25) is 0 Å². The number of halogens is 1. The number of hydrogen-bond donors (Lipinski definition) is 2. The first kappa shape index (κ1) is 14.9. The molecule has 0 aliphatic heterocycles. The molecule has 21 heavy (non-hydrogen) atoms. The maximum atomic E-state index is 11.1. The molecule has 0 radical (unpaired) electrons. The van der Waals surface area contributed by atoms with Crippen molar-refractivity contribution < 1.29 is 19.8 Å². The van der Waals surface area contributed by atoms with Crippen LogP contribution in [0.2, 0.25) is 5.02 Å². The standard InChI is InChI=1S/C15H12ClNO4/c16-12-6-4-10(5-7-12)9-21-17-8-11-2-1-3-13(18)14(11)15(19)20/h1-8,18H,9H2,(H,19,20)/b17-8-. The average molecular weight is 306 g/mol. The summed E-state index contributed by atoms with van der Waals surface area (Å²) in [7, 11) is 0. The molecular formula is C15H12ClNO4. The van der Waals surface area contributed by atoms with Crippen molar-refractivity contribution in [3.63, 3.8) is 0 Å². The minimum Gasteiger partial charge on any atom is -0.507 e. The minimum absolute atomic E-state index is 0.212. The quantitative estimate of drug-likeness (QED) is 0.656.